The first-order chi connectivity index (χ1) is 13.1. The predicted octanol–water partition coefficient (Wildman–Crippen LogP) is 2.97. The van der Waals surface area contributed by atoms with Crippen LogP contribution in [0.2, 0.25) is 0 Å². The number of hydrogen-bond donors (Lipinski definition) is 1. The van der Waals surface area contributed by atoms with Gasteiger partial charge >= 0.3 is 5.97 Å². The molecule has 1 N–H and O–H groups in total. The number of methoxy groups -OCH3 is 1. The summed E-state index contributed by atoms with van der Waals surface area (Å²) in [4.78, 5) is 22.1. The van der Waals surface area contributed by atoms with Crippen molar-refractivity contribution in [3.05, 3.63) is 46.5 Å². The fourth-order valence-corrected chi connectivity index (χ4v) is 4.19. The predicted molar refractivity (Wildman–Crippen MR) is 101 cm³/mol. The average Bonchev–Trinajstić information content (AvgIpc) is 3.02. The molecule has 28 heavy (non-hydrogen) atoms. The van der Waals surface area contributed by atoms with Gasteiger partial charge in [0, 0.05) is 22.9 Å². The molecular formula is C18H18N2O7S. The van der Waals surface area contributed by atoms with Gasteiger partial charge in [0.25, 0.3) is 5.69 Å². The van der Waals surface area contributed by atoms with Gasteiger partial charge in [-0.3, -0.25) is 14.9 Å². The number of carbonyl (C=O) groups is 1. The third-order valence-corrected chi connectivity index (χ3v) is 5.79. The third-order valence-electron chi connectivity index (χ3n) is 4.35. The van der Waals surface area contributed by atoms with Crippen molar-refractivity contribution >= 4 is 43.6 Å². The molecule has 0 spiro atoms. The zero-order valence-corrected chi connectivity index (χ0v) is 16.1. The number of sulfonamides is 1. The monoisotopic (exact) mass is 406 g/mol. The molecule has 0 fully saturated rings. The summed E-state index contributed by atoms with van der Waals surface area (Å²) in [5, 5.41) is 12.2. The van der Waals surface area contributed by atoms with E-state index >= 15 is 0 Å². The van der Waals surface area contributed by atoms with Crippen LogP contribution in [0.25, 0.3) is 21.9 Å². The number of hydrogen-bond acceptors (Lipinski definition) is 7. The minimum absolute atomic E-state index is 0.0943. The van der Waals surface area contributed by atoms with Crippen molar-refractivity contribution in [1.82, 2.24) is 4.72 Å². The number of nitro groups is 1. The molecule has 0 aliphatic rings. The molecule has 0 saturated heterocycles. The van der Waals surface area contributed by atoms with Crippen molar-refractivity contribution in [1.29, 1.82) is 0 Å². The highest BCUT2D eigenvalue weighted by Gasteiger charge is 2.29. The van der Waals surface area contributed by atoms with Gasteiger partial charge in [-0.05, 0) is 24.1 Å². The Morgan fingerprint density at radius 1 is 1.14 bits per heavy atom. The Hall–Kier alpha value is -2.98. The maximum absolute atomic E-state index is 12.7. The quantitative estimate of drug-likeness (QED) is 0.378. The molecule has 1 atom stereocenters. The van der Waals surface area contributed by atoms with E-state index in [1.807, 2.05) is 0 Å². The first-order valence-electron chi connectivity index (χ1n) is 8.35. The Kier molecular flexibility index (Phi) is 5.09. The molecule has 3 rings (SSSR count). The fourth-order valence-electron chi connectivity index (χ4n) is 2.85. The van der Waals surface area contributed by atoms with Crippen molar-refractivity contribution in [2.75, 3.05) is 7.11 Å². The fraction of sp³-hybridized carbons (Fsp3) is 0.278. The van der Waals surface area contributed by atoms with Gasteiger partial charge in [0.1, 0.15) is 17.2 Å². The lowest BCUT2D eigenvalue weighted by Gasteiger charge is -2.19. The summed E-state index contributed by atoms with van der Waals surface area (Å²) in [6.07, 6.45) is 0. The molecule has 0 saturated carbocycles. The van der Waals surface area contributed by atoms with E-state index in [2.05, 4.69) is 9.46 Å². The molecule has 0 radical (unpaired) electrons. The minimum atomic E-state index is -4.03. The van der Waals surface area contributed by atoms with Gasteiger partial charge in [-0.25, -0.2) is 8.42 Å². The Labute approximate surface area is 160 Å². The summed E-state index contributed by atoms with van der Waals surface area (Å²) < 4.78 is 38.1. The number of benzene rings is 2. The van der Waals surface area contributed by atoms with E-state index in [1.54, 1.807) is 26.0 Å². The standard InChI is InChI=1S/C18H18N2O7S/c1-10(2)17(18(21)26-3)19-28(24,25)12-5-7-14-13-6-4-11(20(22)23)8-15(13)27-16(14)9-12/h4-10,17,19H,1-3H3/t17-/m0/s1. The van der Waals surface area contributed by atoms with Crippen LogP contribution in [0.5, 0.6) is 0 Å². The second kappa shape index (κ2) is 7.21. The highest BCUT2D eigenvalue weighted by Crippen LogP contribution is 2.32. The van der Waals surface area contributed by atoms with E-state index in [4.69, 9.17) is 4.42 Å². The lowest BCUT2D eigenvalue weighted by molar-refractivity contribution is -0.384. The molecular weight excluding hydrogens is 388 g/mol. The number of ether oxygens (including phenoxy) is 1. The van der Waals surface area contributed by atoms with Crippen LogP contribution in [0.15, 0.2) is 45.7 Å². The Balaban J connectivity index is 2.04. The van der Waals surface area contributed by atoms with Gasteiger partial charge < -0.3 is 9.15 Å². The van der Waals surface area contributed by atoms with Crippen molar-refractivity contribution in [2.45, 2.75) is 24.8 Å². The highest BCUT2D eigenvalue weighted by molar-refractivity contribution is 7.89. The molecule has 0 unspecified atom stereocenters. The molecule has 0 aliphatic heterocycles. The van der Waals surface area contributed by atoms with Gasteiger partial charge in [0.2, 0.25) is 10.0 Å². The highest BCUT2D eigenvalue weighted by atomic mass is 32.2. The van der Waals surface area contributed by atoms with E-state index in [1.165, 1.54) is 31.4 Å². The van der Waals surface area contributed by atoms with Crippen LogP contribution in [0.4, 0.5) is 5.69 Å². The number of nitrogens with one attached hydrogen (secondary N) is 1. The summed E-state index contributed by atoms with van der Waals surface area (Å²) >= 11 is 0. The number of nitrogens with zero attached hydrogens (tertiary/aromatic N) is 1. The topological polar surface area (TPSA) is 129 Å². The number of esters is 1. The van der Waals surface area contributed by atoms with Crippen LogP contribution in [0, 0.1) is 16.0 Å². The zero-order chi connectivity index (χ0) is 20.6. The molecule has 1 aromatic heterocycles. The second-order valence-electron chi connectivity index (χ2n) is 6.56. The average molecular weight is 406 g/mol. The maximum Gasteiger partial charge on any atom is 0.324 e. The zero-order valence-electron chi connectivity index (χ0n) is 15.3. The normalized spacial score (nSPS) is 13.1. The summed E-state index contributed by atoms with van der Waals surface area (Å²) in [5.74, 6) is -1.01. The lowest BCUT2D eigenvalue weighted by Crippen LogP contribution is -2.44. The number of furan rings is 1. The SMILES string of the molecule is COC(=O)[C@@H](NS(=O)(=O)c1ccc2c(c1)oc1cc([N+](=O)[O-])ccc12)C(C)C. The van der Waals surface area contributed by atoms with Crippen LogP contribution in [0.3, 0.4) is 0 Å². The first kappa shape index (κ1) is 19.8. The van der Waals surface area contributed by atoms with Crippen LogP contribution < -0.4 is 4.72 Å². The summed E-state index contributed by atoms with van der Waals surface area (Å²) in [5.41, 5.74) is 0.415. The molecule has 9 nitrogen and oxygen atoms in total. The van der Waals surface area contributed by atoms with Gasteiger partial charge in [0.15, 0.2) is 0 Å². The van der Waals surface area contributed by atoms with Gasteiger partial charge in [-0.1, -0.05) is 13.8 Å². The van der Waals surface area contributed by atoms with Crippen molar-refractivity contribution in [3.8, 4) is 0 Å². The Bertz CT molecular complexity index is 1180. The Morgan fingerprint density at radius 2 is 1.75 bits per heavy atom. The molecule has 0 amide bonds. The van der Waals surface area contributed by atoms with E-state index < -0.39 is 27.0 Å². The van der Waals surface area contributed by atoms with E-state index in [0.717, 1.165) is 0 Å². The Morgan fingerprint density at radius 3 is 2.32 bits per heavy atom. The number of nitro benzene ring substituents is 1. The smallest absolute Gasteiger partial charge is 0.324 e. The van der Waals surface area contributed by atoms with E-state index in [9.17, 15) is 23.3 Å². The summed E-state index contributed by atoms with van der Waals surface area (Å²) in [6.45, 7) is 3.39. The first-order valence-corrected chi connectivity index (χ1v) is 9.83. The molecule has 3 aromatic rings. The molecule has 0 aliphatic carbocycles. The van der Waals surface area contributed by atoms with E-state index in [0.29, 0.717) is 10.8 Å². The minimum Gasteiger partial charge on any atom is -0.468 e. The van der Waals surface area contributed by atoms with Crippen LogP contribution in [-0.4, -0.2) is 32.5 Å². The van der Waals surface area contributed by atoms with Crippen LogP contribution in [0.1, 0.15) is 13.8 Å². The van der Waals surface area contributed by atoms with Crippen LogP contribution >= 0.6 is 0 Å². The van der Waals surface area contributed by atoms with Gasteiger partial charge in [0.05, 0.1) is 23.0 Å². The molecule has 2 aromatic carbocycles. The molecule has 1 heterocycles. The van der Waals surface area contributed by atoms with Crippen molar-refractivity contribution in [2.24, 2.45) is 5.92 Å². The third kappa shape index (κ3) is 3.56. The van der Waals surface area contributed by atoms with Crippen molar-refractivity contribution < 1.29 is 27.3 Å². The van der Waals surface area contributed by atoms with Gasteiger partial charge in [-0.2, -0.15) is 4.72 Å². The second-order valence-corrected chi connectivity index (χ2v) is 8.28. The van der Waals surface area contributed by atoms with E-state index in [-0.39, 0.29) is 27.7 Å². The molecule has 0 bridgehead atoms. The maximum atomic E-state index is 12.7. The molecule has 10 heteroatoms. The number of rotatable bonds is 6. The van der Waals surface area contributed by atoms with Crippen molar-refractivity contribution in [3.63, 3.8) is 0 Å². The number of carbonyl (C=O) groups excluding carboxylic acids is 1. The van der Waals surface area contributed by atoms with Crippen LogP contribution in [-0.2, 0) is 19.6 Å². The largest absolute Gasteiger partial charge is 0.468 e. The van der Waals surface area contributed by atoms with Gasteiger partial charge in [-0.15, -0.1) is 0 Å². The summed E-state index contributed by atoms with van der Waals surface area (Å²) in [7, 11) is -2.84. The lowest BCUT2D eigenvalue weighted by atomic mass is 10.1. The number of non-ortho nitro benzene ring substituents is 1. The summed E-state index contributed by atoms with van der Waals surface area (Å²) in [6, 6.07) is 7.42. The molecule has 148 valence electrons. The number of fused-ring (bicyclic) bond motifs is 3.